The van der Waals surface area contributed by atoms with E-state index in [9.17, 15) is 19.1 Å². The maximum Gasteiger partial charge on any atom is 0.407 e. The first-order chi connectivity index (χ1) is 15.7. The zero-order valence-corrected chi connectivity index (χ0v) is 18.3. The van der Waals surface area contributed by atoms with Gasteiger partial charge >= 0.3 is 11.8 Å². The van der Waals surface area contributed by atoms with Crippen LogP contribution in [0.2, 0.25) is 0 Å². The molecule has 0 spiro atoms. The lowest BCUT2D eigenvalue weighted by Crippen LogP contribution is -2.58. The molecule has 0 aromatic carbocycles. The van der Waals surface area contributed by atoms with Gasteiger partial charge < -0.3 is 14.4 Å². The molecule has 0 aliphatic carbocycles. The minimum Gasteiger partial charge on any atom is -0.465 e. The fourth-order valence-corrected chi connectivity index (χ4v) is 4.53. The summed E-state index contributed by atoms with van der Waals surface area (Å²) in [5.41, 5.74) is 1.85. The predicted molar refractivity (Wildman–Crippen MR) is 119 cm³/mol. The molecule has 0 bridgehead atoms. The second kappa shape index (κ2) is 7.54. The Kier molecular flexibility index (Phi) is 4.76. The molecule has 1 aliphatic heterocycles. The number of pyridine rings is 2. The Hall–Kier alpha value is -4.02. The van der Waals surface area contributed by atoms with Crippen LogP contribution in [0.5, 0.6) is 0 Å². The van der Waals surface area contributed by atoms with E-state index in [1.54, 1.807) is 36.0 Å². The third-order valence-corrected chi connectivity index (χ3v) is 5.93. The van der Waals surface area contributed by atoms with Gasteiger partial charge in [0, 0.05) is 37.2 Å². The number of aromatic nitrogens is 5. The Balaban J connectivity index is 1.51. The van der Waals surface area contributed by atoms with Crippen LogP contribution < -0.4 is 10.6 Å². The normalized spacial score (nSPS) is 18.9. The van der Waals surface area contributed by atoms with Crippen LogP contribution in [0.25, 0.3) is 22.7 Å². The van der Waals surface area contributed by atoms with Crippen LogP contribution in [-0.4, -0.2) is 65.0 Å². The molecule has 5 rings (SSSR count). The van der Waals surface area contributed by atoms with Gasteiger partial charge in [-0.25, -0.2) is 28.3 Å². The summed E-state index contributed by atoms with van der Waals surface area (Å²) in [5, 5.41) is 9.43. The van der Waals surface area contributed by atoms with Crippen LogP contribution in [0.1, 0.15) is 19.5 Å². The highest BCUT2D eigenvalue weighted by atomic mass is 19.1. The molecule has 33 heavy (non-hydrogen) atoms. The van der Waals surface area contributed by atoms with E-state index in [2.05, 4.69) is 15.0 Å². The van der Waals surface area contributed by atoms with Gasteiger partial charge in [-0.15, -0.1) is 0 Å². The molecule has 1 saturated heterocycles. The summed E-state index contributed by atoms with van der Waals surface area (Å²) in [5.74, 6) is -0.402. The van der Waals surface area contributed by atoms with Crippen molar-refractivity contribution in [2.75, 3.05) is 18.0 Å². The highest BCUT2D eigenvalue weighted by molar-refractivity contribution is 5.67. The van der Waals surface area contributed by atoms with Gasteiger partial charge in [-0.3, -0.25) is 4.90 Å². The molecule has 1 N–H and O–H groups in total. The summed E-state index contributed by atoms with van der Waals surface area (Å²) in [6.45, 7) is 6.48. The number of carboxylic acid groups (broad SMARTS) is 1. The molecular formula is C22H22FN7O3. The lowest BCUT2D eigenvalue weighted by atomic mass is 10.1. The number of hydrogen-bond donors (Lipinski definition) is 1. The van der Waals surface area contributed by atoms with Crippen molar-refractivity contribution in [1.29, 1.82) is 0 Å². The highest BCUT2D eigenvalue weighted by Gasteiger charge is 2.33. The number of hydrogen-bond acceptors (Lipinski definition) is 6. The molecule has 4 aromatic heterocycles. The molecule has 1 aliphatic rings. The number of amides is 1. The average Bonchev–Trinajstić information content (AvgIpc) is 3.13. The van der Waals surface area contributed by atoms with Crippen molar-refractivity contribution >= 4 is 23.1 Å². The lowest BCUT2D eigenvalue weighted by Gasteiger charge is -2.43. The van der Waals surface area contributed by atoms with Crippen molar-refractivity contribution in [2.45, 2.75) is 32.9 Å². The topological polar surface area (TPSA) is 108 Å². The van der Waals surface area contributed by atoms with Gasteiger partial charge in [0.05, 0.1) is 23.5 Å². The summed E-state index contributed by atoms with van der Waals surface area (Å²) < 4.78 is 17.4. The van der Waals surface area contributed by atoms with Crippen LogP contribution in [0.4, 0.5) is 14.9 Å². The Morgan fingerprint density at radius 1 is 1.09 bits per heavy atom. The van der Waals surface area contributed by atoms with Crippen molar-refractivity contribution in [1.82, 2.24) is 28.7 Å². The van der Waals surface area contributed by atoms with Gasteiger partial charge in [0.1, 0.15) is 5.65 Å². The molecule has 0 radical (unpaired) electrons. The molecular weight excluding hydrogens is 429 g/mol. The molecule has 4 aromatic rings. The number of piperazine rings is 1. The van der Waals surface area contributed by atoms with Crippen molar-refractivity contribution in [2.24, 2.45) is 0 Å². The van der Waals surface area contributed by atoms with Gasteiger partial charge in [-0.05, 0) is 39.0 Å². The van der Waals surface area contributed by atoms with E-state index in [0.717, 1.165) is 5.69 Å². The van der Waals surface area contributed by atoms with Crippen LogP contribution >= 0.6 is 0 Å². The third kappa shape index (κ3) is 3.55. The summed E-state index contributed by atoms with van der Waals surface area (Å²) >= 11 is 0. The van der Waals surface area contributed by atoms with Crippen LogP contribution in [-0.2, 0) is 0 Å². The van der Waals surface area contributed by atoms with E-state index in [-0.39, 0.29) is 23.6 Å². The van der Waals surface area contributed by atoms with Gasteiger partial charge in [0.15, 0.2) is 17.3 Å². The zero-order valence-electron chi connectivity index (χ0n) is 18.3. The number of fused-ring (bicyclic) bond motifs is 2. The Labute approximate surface area is 187 Å². The quantitative estimate of drug-likeness (QED) is 0.499. The Morgan fingerprint density at radius 3 is 2.52 bits per heavy atom. The third-order valence-electron chi connectivity index (χ3n) is 5.93. The van der Waals surface area contributed by atoms with Gasteiger partial charge in [-0.2, -0.15) is 4.98 Å². The first-order valence-electron chi connectivity index (χ1n) is 10.5. The molecule has 1 amide bonds. The fourth-order valence-electron chi connectivity index (χ4n) is 4.53. The van der Waals surface area contributed by atoms with E-state index in [0.29, 0.717) is 30.0 Å². The average molecular weight is 451 g/mol. The number of halogens is 1. The van der Waals surface area contributed by atoms with E-state index in [1.807, 2.05) is 24.8 Å². The van der Waals surface area contributed by atoms with Gasteiger partial charge in [-0.1, -0.05) is 0 Å². The summed E-state index contributed by atoms with van der Waals surface area (Å²) in [6, 6.07) is 4.41. The van der Waals surface area contributed by atoms with Crippen molar-refractivity contribution < 1.29 is 14.3 Å². The minimum absolute atomic E-state index is 0.122. The van der Waals surface area contributed by atoms with Crippen LogP contribution in [0.3, 0.4) is 0 Å². The Morgan fingerprint density at radius 2 is 1.82 bits per heavy atom. The first kappa shape index (κ1) is 20.9. The maximum atomic E-state index is 14.5. The van der Waals surface area contributed by atoms with Crippen molar-refractivity contribution in [3.8, 4) is 11.4 Å². The second-order valence-electron chi connectivity index (χ2n) is 8.43. The molecule has 0 unspecified atom stereocenters. The van der Waals surface area contributed by atoms with Crippen molar-refractivity contribution in [3.05, 3.63) is 58.8 Å². The minimum atomic E-state index is -0.939. The molecule has 10 nitrogen and oxygen atoms in total. The SMILES string of the molecule is Cc1cn2cc(-c3nc(=O)n4cc(N5C[C@@H](C)N(C(=O)O)[C@@H](C)C5)ccc4n3)cc(F)c2n1. The number of rotatable bonds is 2. The number of imidazole rings is 1. The van der Waals surface area contributed by atoms with Crippen LogP contribution in [0.15, 0.2) is 41.6 Å². The van der Waals surface area contributed by atoms with E-state index < -0.39 is 17.6 Å². The molecule has 11 heteroatoms. The molecule has 170 valence electrons. The molecule has 0 saturated carbocycles. The fraction of sp³-hybridized carbons (Fsp3) is 0.318. The zero-order chi connectivity index (χ0) is 23.4. The smallest absolute Gasteiger partial charge is 0.407 e. The Bertz CT molecular complexity index is 1450. The largest absolute Gasteiger partial charge is 0.465 e. The molecule has 2 atom stereocenters. The molecule has 1 fully saturated rings. The van der Waals surface area contributed by atoms with Crippen molar-refractivity contribution in [3.63, 3.8) is 0 Å². The second-order valence-corrected chi connectivity index (χ2v) is 8.43. The standard InChI is InChI=1S/C22H22FN7O3/c1-12-7-28-10-15(6-17(23)20(28)24-12)19-25-18-5-4-16(11-29(18)21(31)26-19)27-8-13(2)30(22(32)33)14(3)9-27/h4-7,10-11,13-14H,8-9H2,1-3H3,(H,32,33)/t13-,14+. The maximum absolute atomic E-state index is 14.5. The lowest BCUT2D eigenvalue weighted by molar-refractivity contribution is 0.0982. The predicted octanol–water partition coefficient (Wildman–Crippen LogP) is 2.43. The summed E-state index contributed by atoms with van der Waals surface area (Å²) in [4.78, 5) is 40.5. The van der Waals surface area contributed by atoms with E-state index in [4.69, 9.17) is 0 Å². The molecule has 5 heterocycles. The number of carbonyl (C=O) groups is 1. The van der Waals surface area contributed by atoms with Crippen LogP contribution in [0, 0.1) is 12.7 Å². The van der Waals surface area contributed by atoms with Gasteiger partial charge in [0.25, 0.3) is 0 Å². The summed E-state index contributed by atoms with van der Waals surface area (Å²) in [7, 11) is 0. The highest BCUT2D eigenvalue weighted by Crippen LogP contribution is 2.24. The van der Waals surface area contributed by atoms with E-state index >= 15 is 0 Å². The number of aryl methyl sites for hydroxylation is 1. The first-order valence-corrected chi connectivity index (χ1v) is 10.5. The summed E-state index contributed by atoms with van der Waals surface area (Å²) in [6.07, 6.45) is 4.04. The number of anilines is 1. The monoisotopic (exact) mass is 451 g/mol. The van der Waals surface area contributed by atoms with Gasteiger partial charge in [0.2, 0.25) is 0 Å². The van der Waals surface area contributed by atoms with E-state index in [1.165, 1.54) is 15.4 Å². The number of nitrogens with zero attached hydrogens (tertiary/aromatic N) is 7.